The van der Waals surface area contributed by atoms with Gasteiger partial charge in [0.25, 0.3) is 0 Å². The van der Waals surface area contributed by atoms with Crippen LogP contribution in [0.3, 0.4) is 0 Å². The van der Waals surface area contributed by atoms with Gasteiger partial charge in [-0.3, -0.25) is 0 Å². The predicted octanol–water partition coefficient (Wildman–Crippen LogP) is 2.83. The van der Waals surface area contributed by atoms with Crippen molar-refractivity contribution >= 4 is 20.2 Å². The van der Waals surface area contributed by atoms with Gasteiger partial charge in [-0.25, -0.2) is 4.57 Å². The van der Waals surface area contributed by atoms with Crippen molar-refractivity contribution in [3.05, 3.63) is 24.3 Å². The Morgan fingerprint density at radius 1 is 1.14 bits per heavy atom. The van der Waals surface area contributed by atoms with Gasteiger partial charge in [0.2, 0.25) is 0 Å². The first-order valence-electron chi connectivity index (χ1n) is 6.85. The normalized spacial score (nSPS) is 22.9. The molecule has 0 aromatic heterocycles. The molecule has 1 aliphatic rings. The van der Waals surface area contributed by atoms with Crippen molar-refractivity contribution in [3.63, 3.8) is 0 Å². The van der Waals surface area contributed by atoms with E-state index in [0.29, 0.717) is 5.75 Å². The summed E-state index contributed by atoms with van der Waals surface area (Å²) >= 11 is 0. The van der Waals surface area contributed by atoms with Crippen molar-refractivity contribution in [2.24, 2.45) is 0 Å². The van der Waals surface area contributed by atoms with Gasteiger partial charge >= 0.3 is 14.7 Å². The molecule has 7 heteroatoms. The van der Waals surface area contributed by atoms with E-state index < -0.39 is 25.9 Å². The molecule has 5 nitrogen and oxygen atoms in total. The third-order valence-corrected chi connectivity index (χ3v) is 5.19. The zero-order valence-electron chi connectivity index (χ0n) is 13.4. The van der Waals surface area contributed by atoms with E-state index >= 15 is 0 Å². The summed E-state index contributed by atoms with van der Waals surface area (Å²) in [5.74, 6) is 0.467. The minimum Gasteiger partial charge on any atom is -0.425 e. The molecule has 0 radical (unpaired) electrons. The van der Waals surface area contributed by atoms with Gasteiger partial charge in [0.1, 0.15) is 5.75 Å². The average Bonchev–Trinajstić information content (AvgIpc) is 2.58. The third-order valence-electron chi connectivity index (χ3n) is 3.99. The van der Waals surface area contributed by atoms with E-state index in [1.54, 1.807) is 12.1 Å². The zero-order valence-corrected chi connectivity index (χ0v) is 14.3. The molecule has 21 heavy (non-hydrogen) atoms. The van der Waals surface area contributed by atoms with E-state index in [4.69, 9.17) is 18.4 Å². The fourth-order valence-corrected chi connectivity index (χ4v) is 2.50. The number of benzene rings is 1. The highest BCUT2D eigenvalue weighted by Crippen LogP contribution is 2.43. The molecule has 1 aliphatic heterocycles. The molecule has 0 amide bonds. The highest BCUT2D eigenvalue weighted by atomic mass is 31.2. The minimum absolute atomic E-state index is 0.402. The van der Waals surface area contributed by atoms with E-state index in [1.807, 2.05) is 39.8 Å². The molecular weight excluding hydrogens is 290 g/mol. The second kappa shape index (κ2) is 5.43. The Morgan fingerprint density at radius 2 is 1.71 bits per heavy atom. The van der Waals surface area contributed by atoms with Crippen LogP contribution in [0.25, 0.3) is 0 Å². The minimum atomic E-state index is -3.08. The SMILES string of the molecule is COP(C)(=O)Oc1cccc(B2OC(C)(C)C(C)(C)O2)c1. The molecule has 0 spiro atoms. The van der Waals surface area contributed by atoms with Crippen LogP contribution in [-0.4, -0.2) is 32.1 Å². The second-order valence-electron chi connectivity index (χ2n) is 6.21. The van der Waals surface area contributed by atoms with Gasteiger partial charge < -0.3 is 18.4 Å². The maximum absolute atomic E-state index is 11.9. The Kier molecular flexibility index (Phi) is 4.29. The maximum atomic E-state index is 11.9. The monoisotopic (exact) mass is 312 g/mol. The number of hydrogen-bond acceptors (Lipinski definition) is 5. The molecular formula is C14H22BO5P. The molecule has 116 valence electrons. The Labute approximate surface area is 126 Å². The quantitative estimate of drug-likeness (QED) is 0.632. The van der Waals surface area contributed by atoms with Crippen molar-refractivity contribution in [1.82, 2.24) is 0 Å². The topological polar surface area (TPSA) is 54.0 Å². The summed E-state index contributed by atoms with van der Waals surface area (Å²) in [6, 6.07) is 7.19. The highest BCUT2D eigenvalue weighted by Gasteiger charge is 2.51. The smallest absolute Gasteiger partial charge is 0.425 e. The van der Waals surface area contributed by atoms with Crippen LogP contribution in [0.15, 0.2) is 24.3 Å². The number of hydrogen-bond donors (Lipinski definition) is 0. The van der Waals surface area contributed by atoms with Crippen LogP contribution in [0, 0.1) is 0 Å². The van der Waals surface area contributed by atoms with Gasteiger partial charge in [0.05, 0.1) is 11.2 Å². The lowest BCUT2D eigenvalue weighted by Gasteiger charge is -2.32. The first-order valence-corrected chi connectivity index (χ1v) is 8.84. The van der Waals surface area contributed by atoms with Crippen molar-refractivity contribution in [2.75, 3.05) is 13.8 Å². The molecule has 1 unspecified atom stereocenters. The number of rotatable bonds is 4. The largest absolute Gasteiger partial charge is 0.494 e. The van der Waals surface area contributed by atoms with Crippen LogP contribution < -0.4 is 9.99 Å². The predicted molar refractivity (Wildman–Crippen MR) is 83.3 cm³/mol. The van der Waals surface area contributed by atoms with Crippen molar-refractivity contribution in [2.45, 2.75) is 38.9 Å². The molecule has 1 aromatic carbocycles. The average molecular weight is 312 g/mol. The van der Waals surface area contributed by atoms with E-state index in [9.17, 15) is 4.57 Å². The van der Waals surface area contributed by atoms with Crippen LogP contribution in [0.5, 0.6) is 5.75 Å². The molecule has 0 aliphatic carbocycles. The highest BCUT2D eigenvalue weighted by molar-refractivity contribution is 7.53. The van der Waals surface area contributed by atoms with Gasteiger partial charge in [0.15, 0.2) is 0 Å². The van der Waals surface area contributed by atoms with Crippen molar-refractivity contribution < 1.29 is 22.9 Å². The van der Waals surface area contributed by atoms with Crippen LogP contribution >= 0.6 is 7.60 Å². The summed E-state index contributed by atoms with van der Waals surface area (Å²) in [5.41, 5.74) is 0.0182. The lowest BCUT2D eigenvalue weighted by molar-refractivity contribution is 0.00578. The zero-order chi connectivity index (χ0) is 15.9. The second-order valence-corrected chi connectivity index (χ2v) is 8.30. The van der Waals surface area contributed by atoms with E-state index in [2.05, 4.69) is 0 Å². The fourth-order valence-electron chi connectivity index (χ4n) is 1.93. The maximum Gasteiger partial charge on any atom is 0.494 e. The first-order chi connectivity index (χ1) is 9.56. The lowest BCUT2D eigenvalue weighted by atomic mass is 9.79. The van der Waals surface area contributed by atoms with Gasteiger partial charge in [-0.05, 0) is 45.3 Å². The molecule has 2 rings (SSSR count). The standard InChI is InChI=1S/C14H22BO5P/c1-13(2)14(3,4)20-15(19-13)11-8-7-9-12(10-11)18-21(6,16)17-5/h7-10H,1-6H3. The summed E-state index contributed by atoms with van der Waals surface area (Å²) in [6.45, 7) is 9.42. The fraction of sp³-hybridized carbons (Fsp3) is 0.571. The molecule has 1 fully saturated rings. The molecule has 1 aromatic rings. The van der Waals surface area contributed by atoms with Crippen LogP contribution in [0.2, 0.25) is 0 Å². The Morgan fingerprint density at radius 3 is 2.24 bits per heavy atom. The van der Waals surface area contributed by atoms with Crippen LogP contribution in [0.4, 0.5) is 0 Å². The summed E-state index contributed by atoms with van der Waals surface area (Å²) in [4.78, 5) is 0. The summed E-state index contributed by atoms with van der Waals surface area (Å²) in [7, 11) is -2.19. The van der Waals surface area contributed by atoms with Crippen molar-refractivity contribution in [3.8, 4) is 5.75 Å². The van der Waals surface area contributed by atoms with Gasteiger partial charge in [-0.2, -0.15) is 0 Å². The molecule has 0 N–H and O–H groups in total. The molecule has 0 saturated carbocycles. The van der Waals surface area contributed by atoms with Gasteiger partial charge in [-0.1, -0.05) is 12.1 Å². The van der Waals surface area contributed by atoms with E-state index in [1.165, 1.54) is 13.8 Å². The summed E-state index contributed by atoms with van der Waals surface area (Å²) < 4.78 is 34.1. The van der Waals surface area contributed by atoms with Crippen LogP contribution in [-0.2, 0) is 18.4 Å². The van der Waals surface area contributed by atoms with E-state index in [0.717, 1.165) is 5.46 Å². The van der Waals surface area contributed by atoms with Crippen LogP contribution in [0.1, 0.15) is 27.7 Å². The lowest BCUT2D eigenvalue weighted by Crippen LogP contribution is -2.41. The Bertz CT molecular complexity index is 556. The molecule has 1 atom stereocenters. The summed E-state index contributed by atoms with van der Waals surface area (Å²) in [5, 5.41) is 0. The third kappa shape index (κ3) is 3.51. The molecule has 1 saturated heterocycles. The van der Waals surface area contributed by atoms with E-state index in [-0.39, 0.29) is 0 Å². The van der Waals surface area contributed by atoms with Gasteiger partial charge in [0, 0.05) is 13.8 Å². The summed E-state index contributed by atoms with van der Waals surface area (Å²) in [6.07, 6.45) is 0. The Hall–Kier alpha value is -0.805. The van der Waals surface area contributed by atoms with Gasteiger partial charge in [-0.15, -0.1) is 0 Å². The first kappa shape index (κ1) is 16.6. The Balaban J connectivity index is 2.22. The molecule has 0 bridgehead atoms. The van der Waals surface area contributed by atoms with Crippen molar-refractivity contribution in [1.29, 1.82) is 0 Å². The molecule has 1 heterocycles.